The number of aryl methyl sites for hydroxylation is 1. The fourth-order valence-electron chi connectivity index (χ4n) is 2.80. The van der Waals surface area contributed by atoms with E-state index in [0.717, 1.165) is 16.5 Å². The molecule has 0 radical (unpaired) electrons. The number of esters is 1. The van der Waals surface area contributed by atoms with Crippen LogP contribution in [0.25, 0.3) is 6.08 Å². The summed E-state index contributed by atoms with van der Waals surface area (Å²) in [6, 6.07) is 17.4. The monoisotopic (exact) mass is 508 g/mol. The van der Waals surface area contributed by atoms with Crippen molar-refractivity contribution in [2.75, 3.05) is 6.61 Å². The van der Waals surface area contributed by atoms with Gasteiger partial charge in [-0.15, -0.1) is 0 Å². The SMILES string of the molecule is CCc1ccc(OCC(=O)Oc2ccc(/C=C(\C#N)C(=O)NCc3ccco3)cc2)c(Br)c1. The summed E-state index contributed by atoms with van der Waals surface area (Å²) in [6.07, 6.45) is 3.85. The fourth-order valence-corrected chi connectivity index (χ4v) is 3.34. The van der Waals surface area contributed by atoms with Gasteiger partial charge in [-0.25, -0.2) is 4.79 Å². The van der Waals surface area contributed by atoms with Gasteiger partial charge in [0.1, 0.15) is 28.9 Å². The van der Waals surface area contributed by atoms with Gasteiger partial charge in [0, 0.05) is 0 Å². The van der Waals surface area contributed by atoms with Crippen molar-refractivity contribution in [1.29, 1.82) is 5.26 Å². The Balaban J connectivity index is 1.53. The fraction of sp³-hybridized carbons (Fsp3) is 0.160. The van der Waals surface area contributed by atoms with E-state index in [2.05, 4.69) is 28.2 Å². The van der Waals surface area contributed by atoms with E-state index < -0.39 is 11.9 Å². The molecule has 0 saturated carbocycles. The highest BCUT2D eigenvalue weighted by atomic mass is 79.9. The predicted octanol–water partition coefficient (Wildman–Crippen LogP) is 4.81. The van der Waals surface area contributed by atoms with Crippen LogP contribution in [0.15, 0.2) is 75.3 Å². The summed E-state index contributed by atoms with van der Waals surface area (Å²) in [6.45, 7) is 1.99. The second-order valence-corrected chi connectivity index (χ2v) is 7.74. The van der Waals surface area contributed by atoms with Crippen molar-refractivity contribution in [1.82, 2.24) is 5.32 Å². The van der Waals surface area contributed by atoms with Crippen LogP contribution in [0, 0.1) is 11.3 Å². The lowest BCUT2D eigenvalue weighted by molar-refractivity contribution is -0.136. The summed E-state index contributed by atoms with van der Waals surface area (Å²) in [5, 5.41) is 11.9. The predicted molar refractivity (Wildman–Crippen MR) is 125 cm³/mol. The van der Waals surface area contributed by atoms with Gasteiger partial charge < -0.3 is 19.2 Å². The normalized spacial score (nSPS) is 10.9. The van der Waals surface area contributed by atoms with Crippen molar-refractivity contribution in [2.24, 2.45) is 0 Å². The van der Waals surface area contributed by atoms with Gasteiger partial charge in [0.25, 0.3) is 5.91 Å². The minimum absolute atomic E-state index is 0.0561. The third kappa shape index (κ3) is 7.09. The summed E-state index contributed by atoms with van der Waals surface area (Å²) < 4.78 is 16.7. The van der Waals surface area contributed by atoms with Crippen LogP contribution in [0.3, 0.4) is 0 Å². The number of carbonyl (C=O) groups excluding carboxylic acids is 2. The molecule has 2 aromatic carbocycles. The average Bonchev–Trinajstić information content (AvgIpc) is 3.35. The lowest BCUT2D eigenvalue weighted by Gasteiger charge is -2.09. The molecule has 1 N–H and O–H groups in total. The van der Waals surface area contributed by atoms with E-state index in [1.54, 1.807) is 42.5 Å². The molecular weight excluding hydrogens is 488 g/mol. The summed E-state index contributed by atoms with van der Waals surface area (Å²) in [5.74, 6) is 0.390. The van der Waals surface area contributed by atoms with Gasteiger partial charge in [-0.2, -0.15) is 5.26 Å². The minimum atomic E-state index is -0.556. The van der Waals surface area contributed by atoms with Crippen LogP contribution in [-0.4, -0.2) is 18.5 Å². The molecule has 0 unspecified atom stereocenters. The second-order valence-electron chi connectivity index (χ2n) is 6.88. The van der Waals surface area contributed by atoms with Crippen LogP contribution in [0.1, 0.15) is 23.8 Å². The molecule has 1 amide bonds. The molecule has 0 bridgehead atoms. The van der Waals surface area contributed by atoms with Crippen LogP contribution in [0.5, 0.6) is 11.5 Å². The first-order chi connectivity index (χ1) is 16.0. The van der Waals surface area contributed by atoms with Crippen LogP contribution >= 0.6 is 15.9 Å². The molecule has 33 heavy (non-hydrogen) atoms. The number of hydrogen-bond acceptors (Lipinski definition) is 6. The molecule has 0 aliphatic rings. The molecule has 0 atom stereocenters. The number of rotatable bonds is 9. The highest BCUT2D eigenvalue weighted by Gasteiger charge is 2.11. The highest BCUT2D eigenvalue weighted by molar-refractivity contribution is 9.10. The number of furan rings is 1. The Morgan fingerprint density at radius 2 is 1.97 bits per heavy atom. The van der Waals surface area contributed by atoms with Crippen molar-refractivity contribution in [2.45, 2.75) is 19.9 Å². The smallest absolute Gasteiger partial charge is 0.349 e. The van der Waals surface area contributed by atoms with Crippen LogP contribution in [-0.2, 0) is 22.6 Å². The van der Waals surface area contributed by atoms with E-state index in [1.165, 1.54) is 12.3 Å². The Labute approximate surface area is 199 Å². The van der Waals surface area contributed by atoms with Gasteiger partial charge >= 0.3 is 5.97 Å². The van der Waals surface area contributed by atoms with E-state index in [0.29, 0.717) is 22.8 Å². The minimum Gasteiger partial charge on any atom is -0.481 e. The van der Waals surface area contributed by atoms with Gasteiger partial charge in [0.05, 0.1) is 17.3 Å². The van der Waals surface area contributed by atoms with Gasteiger partial charge in [0.15, 0.2) is 6.61 Å². The molecule has 0 fully saturated rings. The number of ether oxygens (including phenoxy) is 2. The van der Waals surface area contributed by atoms with Crippen molar-refractivity contribution >= 4 is 33.9 Å². The van der Waals surface area contributed by atoms with E-state index in [9.17, 15) is 14.9 Å². The maximum absolute atomic E-state index is 12.2. The van der Waals surface area contributed by atoms with E-state index in [-0.39, 0.29) is 18.7 Å². The summed E-state index contributed by atoms with van der Waals surface area (Å²) >= 11 is 3.43. The Bertz CT molecular complexity index is 1180. The topological polar surface area (TPSA) is 102 Å². The largest absolute Gasteiger partial charge is 0.481 e. The molecule has 1 heterocycles. The van der Waals surface area contributed by atoms with Gasteiger partial charge in [0.2, 0.25) is 0 Å². The molecule has 0 aliphatic heterocycles. The molecule has 8 heteroatoms. The highest BCUT2D eigenvalue weighted by Crippen LogP contribution is 2.26. The second kappa shape index (κ2) is 11.7. The first-order valence-corrected chi connectivity index (χ1v) is 10.9. The third-order valence-electron chi connectivity index (χ3n) is 4.54. The first kappa shape index (κ1) is 23.8. The molecular formula is C25H21BrN2O5. The van der Waals surface area contributed by atoms with Crippen LogP contribution in [0.4, 0.5) is 0 Å². The lowest BCUT2D eigenvalue weighted by atomic mass is 10.1. The number of hydrogen-bond donors (Lipinski definition) is 1. The number of nitrogens with one attached hydrogen (secondary N) is 1. The summed E-state index contributed by atoms with van der Waals surface area (Å²) in [5.41, 5.74) is 1.70. The molecule has 3 rings (SSSR count). The van der Waals surface area contributed by atoms with Crippen LogP contribution < -0.4 is 14.8 Å². The van der Waals surface area contributed by atoms with E-state index in [1.807, 2.05) is 18.2 Å². The number of benzene rings is 2. The number of nitriles is 1. The molecule has 0 spiro atoms. The summed E-state index contributed by atoms with van der Waals surface area (Å²) in [4.78, 5) is 24.3. The first-order valence-electron chi connectivity index (χ1n) is 10.1. The number of amides is 1. The molecule has 0 aliphatic carbocycles. The van der Waals surface area contributed by atoms with Crippen molar-refractivity contribution in [3.63, 3.8) is 0 Å². The van der Waals surface area contributed by atoms with Gasteiger partial charge in [-0.1, -0.05) is 25.1 Å². The summed E-state index contributed by atoms with van der Waals surface area (Å²) in [7, 11) is 0. The van der Waals surface area contributed by atoms with E-state index in [4.69, 9.17) is 13.9 Å². The number of halogens is 1. The zero-order valence-corrected chi connectivity index (χ0v) is 19.4. The van der Waals surface area contributed by atoms with Crippen LogP contribution in [0.2, 0.25) is 0 Å². The molecule has 0 saturated heterocycles. The Kier molecular flexibility index (Phi) is 8.44. The number of nitrogens with zero attached hydrogens (tertiary/aromatic N) is 1. The molecule has 3 aromatic rings. The average molecular weight is 509 g/mol. The maximum Gasteiger partial charge on any atom is 0.349 e. The molecule has 1 aromatic heterocycles. The van der Waals surface area contributed by atoms with E-state index >= 15 is 0 Å². The third-order valence-corrected chi connectivity index (χ3v) is 5.16. The van der Waals surface area contributed by atoms with Crippen molar-refractivity contribution in [3.05, 3.63) is 87.8 Å². The quantitative estimate of drug-likeness (QED) is 0.192. The Morgan fingerprint density at radius 3 is 2.61 bits per heavy atom. The maximum atomic E-state index is 12.2. The van der Waals surface area contributed by atoms with Crippen molar-refractivity contribution < 1.29 is 23.5 Å². The zero-order chi connectivity index (χ0) is 23.6. The molecule has 168 valence electrons. The number of carbonyl (C=O) groups is 2. The standard InChI is InChI=1S/C25H21BrN2O5/c1-2-17-7-10-23(22(26)13-17)32-16-24(29)33-20-8-5-18(6-9-20)12-19(14-27)25(30)28-15-21-4-3-11-31-21/h3-13H,2,15-16H2,1H3,(H,28,30)/b19-12+. The van der Waals surface area contributed by atoms with Gasteiger partial charge in [-0.3, -0.25) is 4.79 Å². The lowest BCUT2D eigenvalue weighted by Crippen LogP contribution is -2.23. The van der Waals surface area contributed by atoms with Gasteiger partial charge in [-0.05, 0) is 76.0 Å². The Hall–Kier alpha value is -3.83. The molecule has 7 nitrogen and oxygen atoms in total. The zero-order valence-electron chi connectivity index (χ0n) is 17.8. The Morgan fingerprint density at radius 1 is 1.18 bits per heavy atom. The van der Waals surface area contributed by atoms with Crippen molar-refractivity contribution in [3.8, 4) is 17.6 Å².